The van der Waals surface area contributed by atoms with Crippen LogP contribution in [0.2, 0.25) is 0 Å². The quantitative estimate of drug-likeness (QED) is 0.794. The zero-order valence-corrected chi connectivity index (χ0v) is 11.5. The van der Waals surface area contributed by atoms with E-state index in [2.05, 4.69) is 17.1 Å². The second-order valence-corrected chi connectivity index (χ2v) is 5.80. The molecule has 0 aliphatic carbocycles. The molecule has 1 spiro atoms. The summed E-state index contributed by atoms with van der Waals surface area (Å²) in [5, 5.41) is 2.58. The van der Waals surface area contributed by atoms with Crippen LogP contribution in [-0.4, -0.2) is 24.0 Å². The number of ether oxygens (including phenoxy) is 1. The monoisotopic (exact) mass is 283 g/mol. The average molecular weight is 283 g/mol. The van der Waals surface area contributed by atoms with E-state index in [-0.39, 0.29) is 6.10 Å². The number of nitrogens with two attached hydrogens (primary N) is 1. The minimum atomic E-state index is -0.540. The second kappa shape index (κ2) is 4.24. The molecule has 3 aliphatic rings. The summed E-state index contributed by atoms with van der Waals surface area (Å²) >= 11 is 1.45. The molecule has 4 rings (SSSR count). The average Bonchev–Trinajstić information content (AvgIpc) is 2.48. The number of benzene rings is 1. The minimum Gasteiger partial charge on any atom is -0.484 e. The number of aliphatic imine (C=N–C) groups is 2. The molecular formula is C15H13N3OS. The highest BCUT2D eigenvalue weighted by atomic mass is 32.2. The number of fused-ring (bicyclic) bond motifs is 4. The fraction of sp³-hybridized carbons (Fsp3) is 0.200. The van der Waals surface area contributed by atoms with Crippen molar-refractivity contribution in [2.45, 2.75) is 11.6 Å². The van der Waals surface area contributed by atoms with Crippen LogP contribution in [0.1, 0.15) is 5.56 Å². The van der Waals surface area contributed by atoms with E-state index in [9.17, 15) is 0 Å². The smallest absolute Gasteiger partial charge is 0.159 e. The number of para-hydroxylation sites is 1. The first-order valence-electron chi connectivity index (χ1n) is 6.46. The maximum Gasteiger partial charge on any atom is 0.159 e. The van der Waals surface area contributed by atoms with Gasteiger partial charge in [0.2, 0.25) is 0 Å². The van der Waals surface area contributed by atoms with E-state index in [1.807, 2.05) is 35.9 Å². The van der Waals surface area contributed by atoms with Crippen molar-refractivity contribution >= 4 is 23.1 Å². The lowest BCUT2D eigenvalue weighted by Crippen LogP contribution is -2.43. The molecule has 100 valence electrons. The first-order valence-corrected chi connectivity index (χ1v) is 7.34. The largest absolute Gasteiger partial charge is 0.484 e. The standard InChI is InChI=1S/C15H13N3OS/c16-14-18-15(6-8-20-14)10-3-1-2-4-12(10)19-13-9-17-7-5-11(13)15/h1-8,13H,9H2,(H2,16,18). The zero-order valence-electron chi connectivity index (χ0n) is 10.7. The van der Waals surface area contributed by atoms with Gasteiger partial charge in [-0.25, -0.2) is 4.99 Å². The van der Waals surface area contributed by atoms with Crippen LogP contribution in [0.4, 0.5) is 0 Å². The van der Waals surface area contributed by atoms with Crippen molar-refractivity contribution in [3.8, 4) is 5.75 Å². The van der Waals surface area contributed by atoms with Gasteiger partial charge in [0, 0.05) is 17.4 Å². The molecule has 0 bridgehead atoms. The minimum absolute atomic E-state index is 0.0702. The number of allylic oxidation sites excluding steroid dienone is 1. The van der Waals surface area contributed by atoms with Gasteiger partial charge in [-0.2, -0.15) is 0 Å². The van der Waals surface area contributed by atoms with Crippen LogP contribution >= 0.6 is 11.8 Å². The molecule has 2 unspecified atom stereocenters. The first kappa shape index (κ1) is 11.8. The normalized spacial score (nSPS) is 30.1. The van der Waals surface area contributed by atoms with Gasteiger partial charge in [0.25, 0.3) is 0 Å². The van der Waals surface area contributed by atoms with Crippen LogP contribution in [0.5, 0.6) is 5.75 Å². The Hall–Kier alpha value is -2.01. The Bertz CT molecular complexity index is 692. The summed E-state index contributed by atoms with van der Waals surface area (Å²) < 4.78 is 6.07. The van der Waals surface area contributed by atoms with Gasteiger partial charge >= 0.3 is 0 Å². The van der Waals surface area contributed by atoms with Crippen molar-refractivity contribution in [2.75, 3.05) is 6.54 Å². The van der Waals surface area contributed by atoms with Gasteiger partial charge in [0.15, 0.2) is 5.17 Å². The van der Waals surface area contributed by atoms with Crippen molar-refractivity contribution in [2.24, 2.45) is 15.7 Å². The van der Waals surface area contributed by atoms with Crippen LogP contribution in [-0.2, 0) is 5.54 Å². The van der Waals surface area contributed by atoms with Crippen LogP contribution in [0, 0.1) is 0 Å². The van der Waals surface area contributed by atoms with Crippen LogP contribution in [0.3, 0.4) is 0 Å². The molecule has 0 amide bonds. The Morgan fingerprint density at radius 2 is 2.25 bits per heavy atom. The number of thioether (sulfide) groups is 1. The summed E-state index contributed by atoms with van der Waals surface area (Å²) in [6, 6.07) is 8.01. The van der Waals surface area contributed by atoms with E-state index in [4.69, 9.17) is 15.5 Å². The number of hydrogen-bond donors (Lipinski definition) is 1. The summed E-state index contributed by atoms with van der Waals surface area (Å²) in [6.45, 7) is 0.623. The van der Waals surface area contributed by atoms with E-state index < -0.39 is 5.54 Å². The molecule has 4 nitrogen and oxygen atoms in total. The molecule has 3 heterocycles. The van der Waals surface area contributed by atoms with Crippen LogP contribution in [0.15, 0.2) is 57.4 Å². The van der Waals surface area contributed by atoms with Crippen molar-refractivity contribution in [1.29, 1.82) is 0 Å². The molecule has 0 saturated carbocycles. The number of hydrogen-bond acceptors (Lipinski definition) is 5. The van der Waals surface area contributed by atoms with Crippen molar-refractivity contribution < 1.29 is 4.74 Å². The van der Waals surface area contributed by atoms with Crippen molar-refractivity contribution in [1.82, 2.24) is 0 Å². The van der Waals surface area contributed by atoms with Crippen LogP contribution in [0.25, 0.3) is 0 Å². The number of dihydropyridines is 1. The van der Waals surface area contributed by atoms with E-state index in [0.29, 0.717) is 11.7 Å². The summed E-state index contributed by atoms with van der Waals surface area (Å²) in [7, 11) is 0. The highest BCUT2D eigenvalue weighted by Gasteiger charge is 2.45. The molecule has 0 radical (unpaired) electrons. The Morgan fingerprint density at radius 3 is 3.15 bits per heavy atom. The maximum atomic E-state index is 6.07. The molecule has 5 heteroatoms. The van der Waals surface area contributed by atoms with Gasteiger partial charge in [0.05, 0.1) is 6.54 Å². The second-order valence-electron chi connectivity index (χ2n) is 4.88. The molecule has 3 aliphatic heterocycles. The van der Waals surface area contributed by atoms with Crippen molar-refractivity contribution in [3.63, 3.8) is 0 Å². The Balaban J connectivity index is 2.01. The summed E-state index contributed by atoms with van der Waals surface area (Å²) in [5.41, 5.74) is 7.58. The molecule has 0 saturated heterocycles. The predicted octanol–water partition coefficient (Wildman–Crippen LogP) is 2.23. The van der Waals surface area contributed by atoms with Gasteiger partial charge < -0.3 is 10.5 Å². The van der Waals surface area contributed by atoms with Crippen LogP contribution < -0.4 is 10.5 Å². The summed E-state index contributed by atoms with van der Waals surface area (Å²) in [5.74, 6) is 0.861. The third-order valence-electron chi connectivity index (χ3n) is 3.77. The number of nitrogens with zero attached hydrogens (tertiary/aromatic N) is 2. The maximum absolute atomic E-state index is 6.07. The van der Waals surface area contributed by atoms with Gasteiger partial charge in [-0.15, -0.1) is 0 Å². The number of rotatable bonds is 0. The Morgan fingerprint density at radius 1 is 1.35 bits per heavy atom. The molecule has 1 aromatic carbocycles. The highest BCUT2D eigenvalue weighted by molar-refractivity contribution is 8.16. The van der Waals surface area contributed by atoms with Gasteiger partial charge in [-0.1, -0.05) is 30.0 Å². The lowest BCUT2D eigenvalue weighted by atomic mass is 9.77. The van der Waals surface area contributed by atoms with Gasteiger partial charge in [-0.05, 0) is 23.6 Å². The Labute approximate surface area is 121 Å². The molecule has 0 aromatic heterocycles. The topological polar surface area (TPSA) is 60.0 Å². The van der Waals surface area contributed by atoms with Crippen molar-refractivity contribution in [3.05, 3.63) is 53.0 Å². The third kappa shape index (κ3) is 1.56. The lowest BCUT2D eigenvalue weighted by molar-refractivity contribution is 0.205. The molecule has 1 aromatic rings. The van der Waals surface area contributed by atoms with Gasteiger partial charge in [0.1, 0.15) is 17.4 Å². The predicted molar refractivity (Wildman–Crippen MR) is 82.3 cm³/mol. The SMILES string of the molecule is NC1=NC2(C=CS1)C1=CC=NCC1Oc1ccccc12. The molecule has 20 heavy (non-hydrogen) atoms. The Kier molecular flexibility index (Phi) is 2.50. The van der Waals surface area contributed by atoms with E-state index in [1.165, 1.54) is 11.8 Å². The van der Waals surface area contributed by atoms with E-state index in [0.717, 1.165) is 16.9 Å². The van der Waals surface area contributed by atoms with E-state index >= 15 is 0 Å². The number of amidine groups is 1. The fourth-order valence-corrected chi connectivity index (χ4v) is 3.51. The fourth-order valence-electron chi connectivity index (χ4n) is 2.91. The summed E-state index contributed by atoms with van der Waals surface area (Å²) in [6.07, 6.45) is 5.86. The highest BCUT2D eigenvalue weighted by Crippen LogP contribution is 2.48. The molecule has 0 fully saturated rings. The zero-order chi connectivity index (χ0) is 13.6. The first-order chi connectivity index (χ1) is 9.79. The molecular weight excluding hydrogens is 270 g/mol. The molecule has 2 N–H and O–H groups in total. The lowest BCUT2D eigenvalue weighted by Gasteiger charge is -2.42. The van der Waals surface area contributed by atoms with E-state index in [1.54, 1.807) is 0 Å². The summed E-state index contributed by atoms with van der Waals surface area (Å²) in [4.78, 5) is 9.06. The van der Waals surface area contributed by atoms with Gasteiger partial charge in [-0.3, -0.25) is 4.99 Å². The molecule has 2 atom stereocenters. The third-order valence-corrected chi connectivity index (χ3v) is 4.37.